The summed E-state index contributed by atoms with van der Waals surface area (Å²) in [4.78, 5) is 34.0. The van der Waals surface area contributed by atoms with Crippen LogP contribution in [0.1, 0.15) is 34.7 Å². The molecule has 1 atom stereocenters. The predicted molar refractivity (Wildman–Crippen MR) is 138 cm³/mol. The molecule has 1 aromatic heterocycles. The Balaban J connectivity index is 1.66. The maximum Gasteiger partial charge on any atom is 0.295 e. The van der Waals surface area contributed by atoms with E-state index in [4.69, 9.17) is 4.74 Å². The number of pyridine rings is 1. The summed E-state index contributed by atoms with van der Waals surface area (Å²) in [6.07, 6.45) is 3.97. The van der Waals surface area contributed by atoms with E-state index in [0.717, 1.165) is 17.7 Å². The van der Waals surface area contributed by atoms with Crippen LogP contribution in [0.15, 0.2) is 78.6 Å². The number of amides is 1. The van der Waals surface area contributed by atoms with Gasteiger partial charge in [0.05, 0.1) is 11.6 Å². The lowest BCUT2D eigenvalue weighted by Gasteiger charge is -2.25. The number of carbonyl (C=O) groups excluding carboxylic acids is 2. The fourth-order valence-corrected chi connectivity index (χ4v) is 4.43. The van der Waals surface area contributed by atoms with Gasteiger partial charge in [0.2, 0.25) is 0 Å². The molecule has 1 aliphatic heterocycles. The van der Waals surface area contributed by atoms with E-state index in [9.17, 15) is 14.7 Å². The number of ketones is 1. The molecule has 0 aliphatic carbocycles. The van der Waals surface area contributed by atoms with Crippen LogP contribution in [-0.2, 0) is 16.2 Å². The lowest BCUT2D eigenvalue weighted by atomic mass is 9.94. The smallest absolute Gasteiger partial charge is 0.295 e. The predicted octanol–water partition coefficient (Wildman–Crippen LogP) is 4.34. The number of aryl methyl sites for hydroxylation is 1. The fourth-order valence-electron chi connectivity index (χ4n) is 4.43. The molecule has 1 saturated heterocycles. The van der Waals surface area contributed by atoms with Gasteiger partial charge in [0.15, 0.2) is 0 Å². The van der Waals surface area contributed by atoms with Gasteiger partial charge in [0.1, 0.15) is 18.1 Å². The SMILES string of the molecule is Cc1cc(OCc2ccccc2)ccc1/C(O)=C1\C(=O)C(=O)N(CCCN(C)C)[C@H]1c1cccnc1. The molecule has 0 unspecified atom stereocenters. The van der Waals surface area contributed by atoms with Crippen molar-refractivity contribution in [1.29, 1.82) is 0 Å². The number of likely N-dealkylation sites (tertiary alicyclic amines) is 1. The lowest BCUT2D eigenvalue weighted by molar-refractivity contribution is -0.139. The van der Waals surface area contributed by atoms with Crippen molar-refractivity contribution in [2.75, 3.05) is 27.2 Å². The average Bonchev–Trinajstić information content (AvgIpc) is 3.13. The van der Waals surface area contributed by atoms with E-state index in [0.29, 0.717) is 36.4 Å². The van der Waals surface area contributed by atoms with Gasteiger partial charge in [-0.25, -0.2) is 0 Å². The second kappa shape index (κ2) is 11.2. The average molecular weight is 486 g/mol. The Morgan fingerprint density at radius 2 is 1.86 bits per heavy atom. The molecule has 4 rings (SSSR count). The van der Waals surface area contributed by atoms with Gasteiger partial charge in [-0.15, -0.1) is 0 Å². The van der Waals surface area contributed by atoms with Crippen LogP contribution in [0.3, 0.4) is 0 Å². The number of hydrogen-bond donors (Lipinski definition) is 1. The minimum atomic E-state index is -0.700. The summed E-state index contributed by atoms with van der Waals surface area (Å²) in [6.45, 7) is 3.43. The van der Waals surface area contributed by atoms with E-state index in [-0.39, 0.29) is 11.3 Å². The van der Waals surface area contributed by atoms with Crippen molar-refractivity contribution in [3.8, 4) is 5.75 Å². The summed E-state index contributed by atoms with van der Waals surface area (Å²) in [5.74, 6) is -0.829. The van der Waals surface area contributed by atoms with Crippen molar-refractivity contribution in [3.63, 3.8) is 0 Å². The molecule has 7 nitrogen and oxygen atoms in total. The van der Waals surface area contributed by atoms with Crippen LogP contribution in [0.25, 0.3) is 5.76 Å². The highest BCUT2D eigenvalue weighted by Crippen LogP contribution is 2.40. The number of aromatic nitrogens is 1. The molecule has 0 spiro atoms. The molecular formula is C29H31N3O4. The summed E-state index contributed by atoms with van der Waals surface area (Å²) >= 11 is 0. The molecule has 0 saturated carbocycles. The molecule has 2 heterocycles. The first-order valence-corrected chi connectivity index (χ1v) is 12.0. The maximum atomic E-state index is 13.2. The highest BCUT2D eigenvalue weighted by Gasteiger charge is 2.46. The first kappa shape index (κ1) is 25.1. The minimum Gasteiger partial charge on any atom is -0.507 e. The Hall–Kier alpha value is -3.97. The Morgan fingerprint density at radius 1 is 1.08 bits per heavy atom. The van der Waals surface area contributed by atoms with Crippen LogP contribution in [0.5, 0.6) is 5.75 Å². The van der Waals surface area contributed by atoms with E-state index in [1.54, 1.807) is 35.5 Å². The first-order valence-electron chi connectivity index (χ1n) is 12.0. The zero-order valence-electron chi connectivity index (χ0n) is 20.8. The van der Waals surface area contributed by atoms with E-state index in [1.807, 2.05) is 68.4 Å². The minimum absolute atomic E-state index is 0.0823. The van der Waals surface area contributed by atoms with E-state index < -0.39 is 17.7 Å². The summed E-state index contributed by atoms with van der Waals surface area (Å²) in [6, 6.07) is 18.0. The number of ether oxygens (including phenoxy) is 1. The molecule has 186 valence electrons. The first-order chi connectivity index (χ1) is 17.4. The number of aliphatic hydroxyl groups is 1. The summed E-state index contributed by atoms with van der Waals surface area (Å²) in [5, 5.41) is 11.4. The van der Waals surface area contributed by atoms with Crippen LogP contribution >= 0.6 is 0 Å². The van der Waals surface area contributed by atoms with Gasteiger partial charge in [0, 0.05) is 24.5 Å². The summed E-state index contributed by atoms with van der Waals surface area (Å²) in [7, 11) is 3.92. The number of hydrogen-bond acceptors (Lipinski definition) is 6. The van der Waals surface area contributed by atoms with Crippen LogP contribution < -0.4 is 4.74 Å². The van der Waals surface area contributed by atoms with E-state index in [2.05, 4.69) is 4.98 Å². The molecule has 1 N–H and O–H groups in total. The van der Waals surface area contributed by atoms with Crippen molar-refractivity contribution in [3.05, 3.63) is 101 Å². The number of Topliss-reactive ketones (excluding diaryl/α,β-unsaturated/α-hetero) is 1. The molecular weight excluding hydrogens is 454 g/mol. The number of rotatable bonds is 9. The lowest BCUT2D eigenvalue weighted by Crippen LogP contribution is -2.32. The third-order valence-corrected chi connectivity index (χ3v) is 6.25. The van der Waals surface area contributed by atoms with Gasteiger partial charge in [-0.2, -0.15) is 0 Å². The summed E-state index contributed by atoms with van der Waals surface area (Å²) < 4.78 is 5.90. The second-order valence-electron chi connectivity index (χ2n) is 9.19. The van der Waals surface area contributed by atoms with Crippen LogP contribution in [0, 0.1) is 6.92 Å². The summed E-state index contributed by atoms with van der Waals surface area (Å²) in [5.41, 5.74) is 3.04. The molecule has 1 aliphatic rings. The van der Waals surface area contributed by atoms with Gasteiger partial charge in [-0.1, -0.05) is 36.4 Å². The van der Waals surface area contributed by atoms with Gasteiger partial charge in [0.25, 0.3) is 11.7 Å². The topological polar surface area (TPSA) is 83.0 Å². The van der Waals surface area contributed by atoms with Crippen LogP contribution in [-0.4, -0.2) is 58.8 Å². The van der Waals surface area contributed by atoms with Gasteiger partial charge in [-0.05, 0) is 74.9 Å². The normalized spacial score (nSPS) is 17.1. The van der Waals surface area contributed by atoms with Crippen molar-refractivity contribution in [2.45, 2.75) is 26.0 Å². The zero-order valence-corrected chi connectivity index (χ0v) is 20.8. The zero-order chi connectivity index (χ0) is 25.7. The number of benzene rings is 2. The molecule has 36 heavy (non-hydrogen) atoms. The molecule has 3 aromatic rings. The number of nitrogens with zero attached hydrogens (tertiary/aromatic N) is 3. The quantitative estimate of drug-likeness (QED) is 0.276. The largest absolute Gasteiger partial charge is 0.507 e. The third-order valence-electron chi connectivity index (χ3n) is 6.25. The van der Waals surface area contributed by atoms with Crippen molar-refractivity contribution < 1.29 is 19.4 Å². The van der Waals surface area contributed by atoms with Gasteiger partial charge >= 0.3 is 0 Å². The van der Waals surface area contributed by atoms with Crippen molar-refractivity contribution >= 4 is 17.4 Å². The van der Waals surface area contributed by atoms with Gasteiger partial charge in [-0.3, -0.25) is 14.6 Å². The van der Waals surface area contributed by atoms with E-state index >= 15 is 0 Å². The monoisotopic (exact) mass is 485 g/mol. The number of aliphatic hydroxyl groups excluding tert-OH is 1. The molecule has 0 bridgehead atoms. The Morgan fingerprint density at radius 3 is 2.53 bits per heavy atom. The highest BCUT2D eigenvalue weighted by molar-refractivity contribution is 6.46. The molecule has 2 aromatic carbocycles. The standard InChI is InChI=1S/C29H31N3O4/c1-20-17-23(36-19-21-9-5-4-6-10-21)12-13-24(20)27(33)25-26(22-11-7-14-30-18-22)32(29(35)28(25)34)16-8-15-31(2)3/h4-7,9-14,17-18,26,33H,8,15-16,19H2,1-3H3/b27-25+/t26-/m0/s1. The van der Waals surface area contributed by atoms with Gasteiger partial charge < -0.3 is 19.6 Å². The third kappa shape index (κ3) is 5.47. The number of carbonyl (C=O) groups is 2. The highest BCUT2D eigenvalue weighted by atomic mass is 16.5. The molecule has 1 fully saturated rings. The van der Waals surface area contributed by atoms with Crippen LogP contribution in [0.4, 0.5) is 0 Å². The maximum absolute atomic E-state index is 13.2. The molecule has 1 amide bonds. The Kier molecular flexibility index (Phi) is 7.80. The molecule has 7 heteroatoms. The molecule has 0 radical (unpaired) electrons. The van der Waals surface area contributed by atoms with Crippen molar-refractivity contribution in [2.24, 2.45) is 0 Å². The van der Waals surface area contributed by atoms with Crippen LogP contribution in [0.2, 0.25) is 0 Å². The Labute approximate surface area is 211 Å². The van der Waals surface area contributed by atoms with E-state index in [1.165, 1.54) is 0 Å². The Bertz CT molecular complexity index is 1260. The van der Waals surface area contributed by atoms with Crippen molar-refractivity contribution in [1.82, 2.24) is 14.8 Å². The second-order valence-corrected chi connectivity index (χ2v) is 9.19. The fraction of sp³-hybridized carbons (Fsp3) is 0.276.